The number of unbranched alkanes of at least 4 members (excludes halogenated alkanes) is 1. The Bertz CT molecular complexity index is 305. The summed E-state index contributed by atoms with van der Waals surface area (Å²) >= 11 is 0. The van der Waals surface area contributed by atoms with E-state index in [4.69, 9.17) is 0 Å². The molecule has 1 atom stereocenters. The summed E-state index contributed by atoms with van der Waals surface area (Å²) in [5.41, 5.74) is 0. The van der Waals surface area contributed by atoms with E-state index in [2.05, 4.69) is 21.9 Å². The predicted octanol–water partition coefficient (Wildman–Crippen LogP) is 1.03. The molecule has 19 heavy (non-hydrogen) atoms. The van der Waals surface area contributed by atoms with E-state index < -0.39 is 10.0 Å². The van der Waals surface area contributed by atoms with Crippen LogP contribution in [0.15, 0.2) is 0 Å². The lowest BCUT2D eigenvalue weighted by atomic mass is 10.2. The number of sulfonamides is 1. The molecule has 0 heterocycles. The Hall–Kier alpha value is -0.170. The first-order valence-electron chi connectivity index (χ1n) is 7.23. The van der Waals surface area contributed by atoms with Crippen LogP contribution in [0.5, 0.6) is 0 Å². The Kier molecular flexibility index (Phi) is 10.5. The fourth-order valence-corrected chi connectivity index (χ4v) is 3.15. The van der Waals surface area contributed by atoms with Crippen molar-refractivity contribution in [2.75, 3.05) is 39.5 Å². The lowest BCUT2D eigenvalue weighted by molar-refractivity contribution is 0.379. The molecule has 0 aromatic rings. The quantitative estimate of drug-likeness (QED) is 0.528. The maximum Gasteiger partial charge on any atom is 0.211 e. The van der Waals surface area contributed by atoms with Gasteiger partial charge in [-0.25, -0.2) is 13.1 Å². The first kappa shape index (κ1) is 18.8. The van der Waals surface area contributed by atoms with E-state index in [1.807, 2.05) is 21.0 Å². The van der Waals surface area contributed by atoms with Crippen molar-refractivity contribution in [3.63, 3.8) is 0 Å². The summed E-state index contributed by atoms with van der Waals surface area (Å²) < 4.78 is 26.4. The molecule has 0 rings (SSSR count). The third-order valence-corrected chi connectivity index (χ3v) is 4.42. The van der Waals surface area contributed by atoms with Crippen LogP contribution in [-0.4, -0.2) is 58.8 Å². The van der Waals surface area contributed by atoms with Crippen molar-refractivity contribution in [2.45, 2.75) is 45.6 Å². The highest BCUT2D eigenvalue weighted by molar-refractivity contribution is 7.89. The lowest BCUT2D eigenvalue weighted by Gasteiger charge is -2.16. The van der Waals surface area contributed by atoms with E-state index >= 15 is 0 Å². The van der Waals surface area contributed by atoms with Gasteiger partial charge in [0.25, 0.3) is 0 Å². The molecule has 0 bridgehead atoms. The molecule has 1 unspecified atom stereocenters. The molecule has 116 valence electrons. The van der Waals surface area contributed by atoms with E-state index in [9.17, 15) is 8.42 Å². The van der Waals surface area contributed by atoms with Gasteiger partial charge in [0, 0.05) is 6.04 Å². The van der Waals surface area contributed by atoms with Crippen molar-refractivity contribution in [3.05, 3.63) is 0 Å². The number of hydrogen-bond acceptors (Lipinski definition) is 4. The molecule has 2 N–H and O–H groups in total. The summed E-state index contributed by atoms with van der Waals surface area (Å²) in [6.07, 6.45) is 3.58. The largest absolute Gasteiger partial charge is 0.317 e. The van der Waals surface area contributed by atoms with Gasteiger partial charge in [0.2, 0.25) is 10.0 Å². The van der Waals surface area contributed by atoms with Crippen LogP contribution in [0.4, 0.5) is 0 Å². The van der Waals surface area contributed by atoms with Crippen molar-refractivity contribution in [1.82, 2.24) is 14.9 Å². The molecule has 0 aromatic carbocycles. The van der Waals surface area contributed by atoms with Crippen LogP contribution in [0.3, 0.4) is 0 Å². The zero-order valence-corrected chi connectivity index (χ0v) is 13.7. The van der Waals surface area contributed by atoms with Gasteiger partial charge in [-0.15, -0.1) is 0 Å². The maximum absolute atomic E-state index is 11.8. The van der Waals surface area contributed by atoms with Crippen LogP contribution in [0, 0.1) is 0 Å². The van der Waals surface area contributed by atoms with Gasteiger partial charge in [-0.1, -0.05) is 6.92 Å². The third kappa shape index (κ3) is 12.6. The van der Waals surface area contributed by atoms with Gasteiger partial charge in [-0.05, 0) is 66.3 Å². The molecule has 0 amide bonds. The van der Waals surface area contributed by atoms with Crippen molar-refractivity contribution in [1.29, 1.82) is 0 Å². The molecule has 0 radical (unpaired) electrons. The first-order chi connectivity index (χ1) is 8.87. The molecule has 0 aromatic heterocycles. The second-order valence-corrected chi connectivity index (χ2v) is 7.26. The van der Waals surface area contributed by atoms with E-state index in [1.165, 1.54) is 0 Å². The van der Waals surface area contributed by atoms with Crippen LogP contribution < -0.4 is 10.0 Å². The maximum atomic E-state index is 11.8. The summed E-state index contributed by atoms with van der Waals surface area (Å²) in [7, 11) is 0.863. The lowest BCUT2D eigenvalue weighted by Crippen LogP contribution is -2.36. The number of rotatable bonds is 12. The third-order valence-electron chi connectivity index (χ3n) is 2.83. The van der Waals surface area contributed by atoms with Gasteiger partial charge in [0.1, 0.15) is 0 Å². The highest BCUT2D eigenvalue weighted by Gasteiger charge is 2.13. The SMILES string of the molecule is CCCNCCCCS(=O)(=O)NC(C)CCN(C)C. The van der Waals surface area contributed by atoms with Crippen molar-refractivity contribution in [3.8, 4) is 0 Å². The summed E-state index contributed by atoms with van der Waals surface area (Å²) in [5, 5.41) is 3.27. The summed E-state index contributed by atoms with van der Waals surface area (Å²) in [6, 6.07) is 0.00520. The normalized spacial score (nSPS) is 13.9. The Labute approximate surface area is 119 Å². The van der Waals surface area contributed by atoms with Gasteiger partial charge in [0.05, 0.1) is 5.75 Å². The van der Waals surface area contributed by atoms with E-state index in [0.29, 0.717) is 6.42 Å². The Balaban J connectivity index is 3.73. The Morgan fingerprint density at radius 2 is 1.84 bits per heavy atom. The Morgan fingerprint density at radius 1 is 1.16 bits per heavy atom. The van der Waals surface area contributed by atoms with Crippen molar-refractivity contribution in [2.24, 2.45) is 0 Å². The van der Waals surface area contributed by atoms with Crippen LogP contribution in [0.1, 0.15) is 39.5 Å². The van der Waals surface area contributed by atoms with E-state index in [-0.39, 0.29) is 11.8 Å². The summed E-state index contributed by atoms with van der Waals surface area (Å²) in [5.74, 6) is 0.229. The van der Waals surface area contributed by atoms with Gasteiger partial charge < -0.3 is 10.2 Å². The van der Waals surface area contributed by atoms with Crippen LogP contribution in [0.2, 0.25) is 0 Å². The van der Waals surface area contributed by atoms with Gasteiger partial charge in [-0.2, -0.15) is 0 Å². The molecular weight excluding hydrogens is 262 g/mol. The van der Waals surface area contributed by atoms with Crippen molar-refractivity contribution < 1.29 is 8.42 Å². The standard InChI is InChI=1S/C13H31N3O2S/c1-5-9-14-10-6-7-12-19(17,18)15-13(2)8-11-16(3)4/h13-15H,5-12H2,1-4H3. The number of nitrogens with one attached hydrogen (secondary N) is 2. The minimum absolute atomic E-state index is 0.00520. The molecule has 0 aliphatic rings. The second-order valence-electron chi connectivity index (χ2n) is 5.39. The molecule has 0 saturated heterocycles. The minimum atomic E-state index is -3.12. The van der Waals surface area contributed by atoms with Crippen LogP contribution in [-0.2, 0) is 10.0 Å². The van der Waals surface area contributed by atoms with Crippen molar-refractivity contribution >= 4 is 10.0 Å². The highest BCUT2D eigenvalue weighted by Crippen LogP contribution is 1.99. The average molecular weight is 293 g/mol. The topological polar surface area (TPSA) is 61.4 Å². The molecular formula is C13H31N3O2S. The molecule has 0 aliphatic heterocycles. The molecule has 0 aliphatic carbocycles. The fraction of sp³-hybridized carbons (Fsp3) is 1.00. The minimum Gasteiger partial charge on any atom is -0.317 e. The van der Waals surface area contributed by atoms with Gasteiger partial charge >= 0.3 is 0 Å². The van der Waals surface area contributed by atoms with Gasteiger partial charge in [-0.3, -0.25) is 0 Å². The molecule has 6 heteroatoms. The molecule has 5 nitrogen and oxygen atoms in total. The summed E-state index contributed by atoms with van der Waals surface area (Å²) in [6.45, 7) is 6.84. The smallest absolute Gasteiger partial charge is 0.211 e. The average Bonchev–Trinajstić information content (AvgIpc) is 2.30. The molecule has 0 fully saturated rings. The number of nitrogens with zero attached hydrogens (tertiary/aromatic N) is 1. The fourth-order valence-electron chi connectivity index (χ4n) is 1.72. The monoisotopic (exact) mass is 293 g/mol. The molecule has 0 saturated carbocycles. The first-order valence-corrected chi connectivity index (χ1v) is 8.88. The highest BCUT2D eigenvalue weighted by atomic mass is 32.2. The summed E-state index contributed by atoms with van der Waals surface area (Å²) in [4.78, 5) is 2.06. The van der Waals surface area contributed by atoms with E-state index in [1.54, 1.807) is 0 Å². The van der Waals surface area contributed by atoms with Crippen LogP contribution >= 0.6 is 0 Å². The van der Waals surface area contributed by atoms with Gasteiger partial charge in [0.15, 0.2) is 0 Å². The Morgan fingerprint density at radius 3 is 2.42 bits per heavy atom. The van der Waals surface area contributed by atoms with E-state index in [0.717, 1.165) is 38.9 Å². The zero-order valence-electron chi connectivity index (χ0n) is 12.9. The van der Waals surface area contributed by atoms with Crippen LogP contribution in [0.25, 0.3) is 0 Å². The molecule has 0 spiro atoms. The number of hydrogen-bond donors (Lipinski definition) is 2. The second kappa shape index (κ2) is 10.6. The predicted molar refractivity (Wildman–Crippen MR) is 82.0 cm³/mol. The zero-order chi connectivity index (χ0) is 14.7.